The number of carboxylic acid groups (broad SMARTS) is 1. The third-order valence-electron chi connectivity index (χ3n) is 14.9. The first-order valence-corrected chi connectivity index (χ1v) is 28.3. The van der Waals surface area contributed by atoms with Crippen LogP contribution in [0.3, 0.4) is 0 Å². The molecular weight excluding hydrogens is 1060 g/mol. The highest BCUT2D eigenvalue weighted by Gasteiger charge is 2.49. The molecule has 3 fully saturated rings. The molecule has 7 amide bonds. The Labute approximate surface area is 473 Å². The molecular formula is C54H92N10O17. The van der Waals surface area contributed by atoms with E-state index < -0.39 is 152 Å². The van der Waals surface area contributed by atoms with E-state index in [0.29, 0.717) is 24.7 Å². The molecule has 81 heavy (non-hydrogen) atoms. The van der Waals surface area contributed by atoms with Crippen molar-refractivity contribution in [3.8, 4) is 5.75 Å². The van der Waals surface area contributed by atoms with Crippen LogP contribution in [0.15, 0.2) is 24.3 Å². The number of aliphatic hydroxyl groups excluding tert-OH is 7. The van der Waals surface area contributed by atoms with Crippen LogP contribution in [0.25, 0.3) is 0 Å². The third kappa shape index (κ3) is 21.9. The maximum absolute atomic E-state index is 14.6. The van der Waals surface area contributed by atoms with Crippen molar-refractivity contribution in [2.75, 3.05) is 32.7 Å². The summed E-state index contributed by atoms with van der Waals surface area (Å²) in [5.74, 6) is -7.27. The molecule has 3 aliphatic heterocycles. The van der Waals surface area contributed by atoms with Crippen molar-refractivity contribution in [3.05, 3.63) is 29.8 Å². The summed E-state index contributed by atoms with van der Waals surface area (Å²) in [6.07, 6.45) is -6.95. The van der Waals surface area contributed by atoms with Crippen molar-refractivity contribution >= 4 is 47.3 Å². The summed E-state index contributed by atoms with van der Waals surface area (Å²) in [6, 6.07) is -6.40. The average molecular weight is 1150 g/mol. The van der Waals surface area contributed by atoms with Crippen molar-refractivity contribution < 1.29 is 84.3 Å². The average Bonchev–Trinajstić information content (AvgIpc) is 4.01. The Kier molecular flexibility index (Phi) is 29.9. The third-order valence-corrected chi connectivity index (χ3v) is 14.9. The van der Waals surface area contributed by atoms with Crippen LogP contribution in [0.2, 0.25) is 0 Å². The first-order chi connectivity index (χ1) is 38.3. The largest absolute Gasteiger partial charge is 0.508 e. The lowest BCUT2D eigenvalue weighted by Crippen LogP contribution is -2.65. The number of carbonyl (C=O) groups excluding carboxylic acids is 7. The number of unbranched alkanes of at least 4 members (excludes halogenated alkanes) is 5. The van der Waals surface area contributed by atoms with Crippen LogP contribution < -0.4 is 43.4 Å². The van der Waals surface area contributed by atoms with Gasteiger partial charge in [-0.25, -0.2) is 0 Å². The zero-order valence-electron chi connectivity index (χ0n) is 47.3. The topological polar surface area (TPSA) is 449 Å². The van der Waals surface area contributed by atoms with Gasteiger partial charge in [0, 0.05) is 52.4 Å². The highest BCUT2D eigenvalue weighted by Crippen LogP contribution is 2.27. The number of phenols is 1. The number of nitrogens with two attached hydrogens (primary N) is 2. The van der Waals surface area contributed by atoms with Gasteiger partial charge in [0.2, 0.25) is 41.4 Å². The maximum Gasteiger partial charge on any atom is 0.300 e. The Hall–Kier alpha value is -5.62. The number of aromatic hydroxyl groups is 1. The first-order valence-electron chi connectivity index (χ1n) is 28.3. The Morgan fingerprint density at radius 1 is 0.716 bits per heavy atom. The van der Waals surface area contributed by atoms with Crippen LogP contribution in [-0.2, 0) is 38.4 Å². The number of aliphatic carboxylic acids is 1. The van der Waals surface area contributed by atoms with Crippen LogP contribution in [0.5, 0.6) is 5.75 Å². The number of rotatable bonds is 23. The minimum Gasteiger partial charge on any atom is -0.508 e. The number of nitrogens with one attached hydrogen (secondary N) is 6. The van der Waals surface area contributed by atoms with Crippen molar-refractivity contribution in [2.45, 2.75) is 210 Å². The molecule has 19 N–H and O–H groups in total. The van der Waals surface area contributed by atoms with E-state index in [1.807, 2.05) is 0 Å². The number of phenolic OH excluding ortho intramolecular Hbond substituents is 1. The molecule has 3 aliphatic rings. The summed E-state index contributed by atoms with van der Waals surface area (Å²) in [4.78, 5) is 111. The van der Waals surface area contributed by atoms with E-state index in [1.165, 1.54) is 30.7 Å². The molecule has 0 aromatic heterocycles. The summed E-state index contributed by atoms with van der Waals surface area (Å²) >= 11 is 0. The number of carbonyl (C=O) groups is 8. The molecule has 0 radical (unpaired) electrons. The molecule has 0 bridgehead atoms. The van der Waals surface area contributed by atoms with Crippen LogP contribution in [0.4, 0.5) is 0 Å². The summed E-state index contributed by atoms with van der Waals surface area (Å²) < 4.78 is 0. The minimum atomic E-state index is -2.28. The van der Waals surface area contributed by atoms with Crippen molar-refractivity contribution in [1.29, 1.82) is 0 Å². The SMILES string of the molecule is CC(=O)O.CCC(C)CC(C)CCCCCCCCC(=O)NC1C[C@@H](O)[C@@H](NCCN)NC(=O)C2[C@@H](O)CCN2C(=O)C([C@H](O)CCN)NC(=O)C([C@H](O)[C@@H](O)c2ccc(O)cc2)NC(=O)C2C[C@@H](O)CN2C(=O)C([C@@H](C)O)NC1=O. The monoisotopic (exact) mass is 1150 g/mol. The molecule has 1 aromatic carbocycles. The summed E-state index contributed by atoms with van der Waals surface area (Å²) in [5.41, 5.74) is 11.5. The van der Waals surface area contributed by atoms with Gasteiger partial charge in [-0.05, 0) is 68.7 Å². The Bertz CT molecular complexity index is 2180. The second kappa shape index (κ2) is 34.7. The lowest BCUT2D eigenvalue weighted by molar-refractivity contribution is -0.148. The fraction of sp³-hybridized carbons (Fsp3) is 0.741. The molecule has 3 heterocycles. The minimum absolute atomic E-state index is 0.0257. The summed E-state index contributed by atoms with van der Waals surface area (Å²) in [7, 11) is 0. The second-order valence-corrected chi connectivity index (χ2v) is 21.8. The molecule has 0 spiro atoms. The highest BCUT2D eigenvalue weighted by atomic mass is 16.4. The summed E-state index contributed by atoms with van der Waals surface area (Å²) in [5, 5.41) is 112. The van der Waals surface area contributed by atoms with Gasteiger partial charge >= 0.3 is 0 Å². The standard InChI is InChI=1S/C52H88N10O15.C2H4O2/c1-5-28(2)24-29(3)12-10-8-6-7-9-11-13-39(69)56-34-26-38(68)46(55-22-21-54)60-50(75)43-37(67)19-23-61(43)52(77)41(36(66)18-20-53)58-49(74)42(45(71)44(70)31-14-16-32(64)17-15-31)59-48(73)35-25-33(65)27-62(35)51(76)40(30(4)63)57-47(34)72;1-2(3)4/h14-17,28-30,33-38,40-46,55,63-68,70-71H,5-13,18-27,53-54H2,1-4H3,(H,56,69)(H,57,72)(H,58,74)(H,59,73)(H,60,75);1H3,(H,3,4)/t28?,29?,30-,33-,34?,35?,36-,37+,38-,40?,41?,42?,43?,44+,45+,46+;/m1./s1. The number of nitrogens with zero attached hydrogens (tertiary/aromatic N) is 2. The molecule has 4 rings (SSSR count). The van der Waals surface area contributed by atoms with Crippen molar-refractivity contribution in [3.63, 3.8) is 0 Å². The predicted octanol–water partition coefficient (Wildman–Crippen LogP) is -3.22. The van der Waals surface area contributed by atoms with Gasteiger partial charge in [-0.15, -0.1) is 0 Å². The molecule has 460 valence electrons. The molecule has 27 nitrogen and oxygen atoms in total. The predicted molar refractivity (Wildman–Crippen MR) is 293 cm³/mol. The van der Waals surface area contributed by atoms with Gasteiger partial charge in [0.1, 0.15) is 60.4 Å². The van der Waals surface area contributed by atoms with Crippen LogP contribution in [0.1, 0.15) is 136 Å². The number of hydrogen-bond acceptors (Lipinski definition) is 19. The van der Waals surface area contributed by atoms with Crippen LogP contribution in [-0.4, -0.2) is 215 Å². The number of hydrogen-bond donors (Lipinski definition) is 17. The molecule has 0 aliphatic carbocycles. The number of amides is 7. The summed E-state index contributed by atoms with van der Waals surface area (Å²) in [6.45, 7) is 7.82. The quantitative estimate of drug-likeness (QED) is 0.0479. The fourth-order valence-electron chi connectivity index (χ4n) is 10.2. The Balaban J connectivity index is 0.00000416. The van der Waals surface area contributed by atoms with E-state index in [2.05, 4.69) is 52.7 Å². The van der Waals surface area contributed by atoms with Crippen molar-refractivity contribution in [2.24, 2.45) is 23.3 Å². The zero-order valence-corrected chi connectivity index (χ0v) is 47.3. The normalized spacial score (nSPS) is 27.5. The van der Waals surface area contributed by atoms with Gasteiger partial charge in [0.05, 0.1) is 30.5 Å². The first kappa shape index (κ1) is 69.6. The number of benzene rings is 1. The fourth-order valence-corrected chi connectivity index (χ4v) is 10.2. The van der Waals surface area contributed by atoms with Crippen LogP contribution >= 0.6 is 0 Å². The lowest BCUT2D eigenvalue weighted by Gasteiger charge is -2.35. The number of aliphatic hydroxyl groups is 7. The number of fused-ring (bicyclic) bond motifs is 2. The second-order valence-electron chi connectivity index (χ2n) is 21.8. The molecule has 1 aromatic rings. The van der Waals surface area contributed by atoms with E-state index in [1.54, 1.807) is 0 Å². The van der Waals surface area contributed by atoms with Crippen molar-refractivity contribution in [1.82, 2.24) is 41.7 Å². The van der Waals surface area contributed by atoms with Gasteiger partial charge in [0.15, 0.2) is 0 Å². The molecule has 3 saturated heterocycles. The number of carboxylic acids is 1. The molecule has 0 saturated carbocycles. The molecule has 8 unspecified atom stereocenters. The van der Waals surface area contributed by atoms with Crippen LogP contribution in [0, 0.1) is 11.8 Å². The van der Waals surface area contributed by atoms with E-state index in [-0.39, 0.29) is 56.8 Å². The van der Waals surface area contributed by atoms with E-state index in [4.69, 9.17) is 21.4 Å². The van der Waals surface area contributed by atoms with Gasteiger partial charge in [-0.2, -0.15) is 0 Å². The zero-order chi connectivity index (χ0) is 60.7. The Morgan fingerprint density at radius 3 is 1.91 bits per heavy atom. The lowest BCUT2D eigenvalue weighted by atomic mass is 9.91. The molecule has 27 heteroatoms. The van der Waals surface area contributed by atoms with Gasteiger partial charge in [-0.3, -0.25) is 43.7 Å². The Morgan fingerprint density at radius 2 is 1.31 bits per heavy atom. The van der Waals surface area contributed by atoms with Gasteiger partial charge in [-0.1, -0.05) is 77.8 Å². The van der Waals surface area contributed by atoms with E-state index in [9.17, 15) is 74.4 Å². The van der Waals surface area contributed by atoms with Gasteiger partial charge < -0.3 is 93.8 Å². The maximum atomic E-state index is 14.6. The van der Waals surface area contributed by atoms with E-state index >= 15 is 0 Å². The molecule has 16 atom stereocenters. The van der Waals surface area contributed by atoms with E-state index in [0.717, 1.165) is 62.2 Å². The highest BCUT2D eigenvalue weighted by molar-refractivity contribution is 5.98. The smallest absolute Gasteiger partial charge is 0.300 e. The van der Waals surface area contributed by atoms with Gasteiger partial charge in [0.25, 0.3) is 5.97 Å².